The van der Waals surface area contributed by atoms with Crippen molar-refractivity contribution in [1.29, 1.82) is 0 Å². The third-order valence-corrected chi connectivity index (χ3v) is 5.83. The van der Waals surface area contributed by atoms with E-state index in [2.05, 4.69) is 0 Å². The first-order chi connectivity index (χ1) is 16.8. The average Bonchev–Trinajstić information content (AvgIpc) is 3.25. The first-order valence-corrected chi connectivity index (χ1v) is 11.3. The van der Waals surface area contributed by atoms with Crippen molar-refractivity contribution in [2.24, 2.45) is 5.92 Å². The predicted molar refractivity (Wildman–Crippen MR) is 130 cm³/mol. The van der Waals surface area contributed by atoms with E-state index in [4.69, 9.17) is 21.1 Å². The summed E-state index contributed by atoms with van der Waals surface area (Å²) < 4.78 is 10.5. The zero-order valence-electron chi connectivity index (χ0n) is 18.9. The molecule has 0 N–H and O–H groups in total. The van der Waals surface area contributed by atoms with Crippen molar-refractivity contribution in [2.45, 2.75) is 13.3 Å². The topological polar surface area (TPSA) is 90.0 Å². The zero-order valence-corrected chi connectivity index (χ0v) is 19.7. The Bertz CT molecular complexity index is 1270. The molecule has 3 aromatic carbocycles. The van der Waals surface area contributed by atoms with Gasteiger partial charge in [0.2, 0.25) is 5.91 Å². The molecular weight excluding hydrogens is 470 g/mol. The molecule has 8 heteroatoms. The summed E-state index contributed by atoms with van der Waals surface area (Å²) >= 11 is 5.99. The number of hydrogen-bond donors (Lipinski definition) is 0. The Morgan fingerprint density at radius 3 is 2.34 bits per heavy atom. The van der Waals surface area contributed by atoms with Crippen LogP contribution in [0.2, 0.25) is 5.02 Å². The van der Waals surface area contributed by atoms with Gasteiger partial charge in [0.05, 0.1) is 11.5 Å². The van der Waals surface area contributed by atoms with E-state index in [0.29, 0.717) is 21.8 Å². The molecule has 1 heterocycles. The van der Waals surface area contributed by atoms with Crippen LogP contribution < -0.4 is 9.64 Å². The summed E-state index contributed by atoms with van der Waals surface area (Å²) in [5.41, 5.74) is 2.36. The Morgan fingerprint density at radius 1 is 0.971 bits per heavy atom. The van der Waals surface area contributed by atoms with Crippen LogP contribution in [0.4, 0.5) is 5.69 Å². The zero-order chi connectivity index (χ0) is 24.9. The maximum absolute atomic E-state index is 12.5. The second-order valence-corrected chi connectivity index (χ2v) is 8.63. The lowest BCUT2D eigenvalue weighted by molar-refractivity contribution is -0.147. The van der Waals surface area contributed by atoms with Gasteiger partial charge >= 0.3 is 11.9 Å². The number of aryl methyl sites for hydroxylation is 1. The van der Waals surface area contributed by atoms with E-state index >= 15 is 0 Å². The maximum atomic E-state index is 12.5. The largest absolute Gasteiger partial charge is 0.457 e. The fourth-order valence-electron chi connectivity index (χ4n) is 3.66. The molecule has 0 saturated carbocycles. The van der Waals surface area contributed by atoms with E-state index in [-0.39, 0.29) is 24.6 Å². The molecule has 7 nitrogen and oxygen atoms in total. The summed E-state index contributed by atoms with van der Waals surface area (Å²) in [6.45, 7) is 1.63. The minimum Gasteiger partial charge on any atom is -0.457 e. The number of Topliss-reactive ketones (excluding diaryl/α,β-unsaturated/α-hetero) is 1. The third-order valence-electron chi connectivity index (χ3n) is 5.60. The maximum Gasteiger partial charge on any atom is 0.343 e. The van der Waals surface area contributed by atoms with Gasteiger partial charge in [-0.15, -0.1) is 0 Å². The highest BCUT2D eigenvalue weighted by molar-refractivity contribution is 6.31. The van der Waals surface area contributed by atoms with Crippen molar-refractivity contribution in [3.05, 3.63) is 94.5 Å². The molecule has 0 radical (unpaired) electrons. The molecule has 178 valence electrons. The van der Waals surface area contributed by atoms with Crippen molar-refractivity contribution in [3.63, 3.8) is 0 Å². The lowest BCUT2D eigenvalue weighted by Crippen LogP contribution is -2.27. The molecular formula is C27H22ClNO6. The molecule has 0 aliphatic carbocycles. The number of amides is 1. The molecule has 1 atom stereocenters. The van der Waals surface area contributed by atoms with Gasteiger partial charge in [0.15, 0.2) is 12.4 Å². The molecule has 0 bridgehead atoms. The predicted octanol–water partition coefficient (Wildman–Crippen LogP) is 4.65. The number of esters is 2. The Morgan fingerprint density at radius 2 is 1.66 bits per heavy atom. The molecule has 1 aliphatic rings. The SMILES string of the molecule is Cc1ccc(C(=O)Oc2ccc(C(=O)COC(=O)C3CC(=O)N(c4cccc(Cl)c4)C3)cc2)cc1. The fourth-order valence-corrected chi connectivity index (χ4v) is 3.85. The Kier molecular flexibility index (Phi) is 7.27. The summed E-state index contributed by atoms with van der Waals surface area (Å²) in [5.74, 6) is -2.12. The molecule has 1 saturated heterocycles. The summed E-state index contributed by atoms with van der Waals surface area (Å²) in [4.78, 5) is 51.0. The van der Waals surface area contributed by atoms with Crippen LogP contribution >= 0.6 is 11.6 Å². The molecule has 1 fully saturated rings. The van der Waals surface area contributed by atoms with Crippen LogP contribution in [0.1, 0.15) is 32.7 Å². The molecule has 0 spiro atoms. The highest BCUT2D eigenvalue weighted by Gasteiger charge is 2.36. The van der Waals surface area contributed by atoms with Crippen LogP contribution in [0.3, 0.4) is 0 Å². The number of nitrogens with zero attached hydrogens (tertiary/aromatic N) is 1. The van der Waals surface area contributed by atoms with Crippen LogP contribution in [0.5, 0.6) is 5.75 Å². The number of halogens is 1. The van der Waals surface area contributed by atoms with Gasteiger partial charge in [0.1, 0.15) is 5.75 Å². The molecule has 1 unspecified atom stereocenters. The van der Waals surface area contributed by atoms with Crippen molar-refractivity contribution in [1.82, 2.24) is 0 Å². The number of anilines is 1. The molecule has 4 rings (SSSR count). The third kappa shape index (κ3) is 5.94. The van der Waals surface area contributed by atoms with Crippen LogP contribution in [-0.2, 0) is 14.3 Å². The Balaban J connectivity index is 1.29. The summed E-state index contributed by atoms with van der Waals surface area (Å²) in [5, 5.41) is 0.489. The van der Waals surface area contributed by atoms with E-state index in [1.807, 2.05) is 19.1 Å². The quantitative estimate of drug-likeness (QED) is 0.271. The number of hydrogen-bond acceptors (Lipinski definition) is 6. The number of carbonyl (C=O) groups is 4. The van der Waals surface area contributed by atoms with Gasteiger partial charge in [-0.2, -0.15) is 0 Å². The summed E-state index contributed by atoms with van der Waals surface area (Å²) in [6.07, 6.45) is 0.000580. The summed E-state index contributed by atoms with van der Waals surface area (Å²) in [6, 6.07) is 19.8. The van der Waals surface area contributed by atoms with Crippen LogP contribution in [-0.4, -0.2) is 36.8 Å². The van der Waals surface area contributed by atoms with Gasteiger partial charge in [-0.3, -0.25) is 14.4 Å². The van der Waals surface area contributed by atoms with E-state index in [1.165, 1.54) is 29.2 Å². The van der Waals surface area contributed by atoms with Gasteiger partial charge in [0.25, 0.3) is 0 Å². The molecule has 1 aliphatic heterocycles. The second kappa shape index (κ2) is 10.5. The van der Waals surface area contributed by atoms with Crippen LogP contribution in [0, 0.1) is 12.8 Å². The average molecular weight is 492 g/mol. The lowest BCUT2D eigenvalue weighted by Gasteiger charge is -2.16. The summed E-state index contributed by atoms with van der Waals surface area (Å²) in [7, 11) is 0. The Hall–Kier alpha value is -3.97. The van der Waals surface area contributed by atoms with Crippen molar-refractivity contribution >= 4 is 40.9 Å². The number of ketones is 1. The smallest absolute Gasteiger partial charge is 0.343 e. The van der Waals surface area contributed by atoms with Gasteiger partial charge in [-0.25, -0.2) is 4.79 Å². The van der Waals surface area contributed by atoms with Crippen molar-refractivity contribution < 1.29 is 28.7 Å². The molecule has 1 amide bonds. The van der Waals surface area contributed by atoms with E-state index in [1.54, 1.807) is 36.4 Å². The highest BCUT2D eigenvalue weighted by Crippen LogP contribution is 2.27. The fraction of sp³-hybridized carbons (Fsp3) is 0.185. The van der Waals surface area contributed by atoms with Crippen molar-refractivity contribution in [2.75, 3.05) is 18.1 Å². The number of ether oxygens (including phenoxy) is 2. The first kappa shape index (κ1) is 24.2. The minimum atomic E-state index is -0.669. The lowest BCUT2D eigenvalue weighted by atomic mass is 10.1. The molecule has 35 heavy (non-hydrogen) atoms. The Labute approximate surface area is 207 Å². The van der Waals surface area contributed by atoms with Gasteiger partial charge < -0.3 is 14.4 Å². The monoisotopic (exact) mass is 491 g/mol. The van der Waals surface area contributed by atoms with Gasteiger partial charge in [-0.05, 0) is 61.5 Å². The highest BCUT2D eigenvalue weighted by atomic mass is 35.5. The van der Waals surface area contributed by atoms with Crippen LogP contribution in [0.15, 0.2) is 72.8 Å². The van der Waals surface area contributed by atoms with E-state index in [9.17, 15) is 19.2 Å². The standard InChI is InChI=1S/C27H22ClNO6/c1-17-5-7-19(8-6-17)27(33)35-23-11-9-18(10-12-23)24(30)16-34-26(32)20-13-25(31)29(15-20)22-4-2-3-21(28)14-22/h2-12,14,20H,13,15-16H2,1H3. The van der Waals surface area contributed by atoms with Crippen LogP contribution in [0.25, 0.3) is 0 Å². The number of benzene rings is 3. The molecule has 0 aromatic heterocycles. The molecule has 3 aromatic rings. The number of carbonyl (C=O) groups excluding carboxylic acids is 4. The number of rotatable bonds is 7. The van der Waals surface area contributed by atoms with E-state index in [0.717, 1.165) is 5.56 Å². The van der Waals surface area contributed by atoms with Gasteiger partial charge in [-0.1, -0.05) is 35.4 Å². The van der Waals surface area contributed by atoms with Gasteiger partial charge in [0, 0.05) is 29.2 Å². The second-order valence-electron chi connectivity index (χ2n) is 8.20. The van der Waals surface area contributed by atoms with Crippen molar-refractivity contribution in [3.8, 4) is 5.75 Å². The minimum absolute atomic E-state index is 0.000580. The van der Waals surface area contributed by atoms with E-state index < -0.39 is 30.2 Å². The first-order valence-electron chi connectivity index (χ1n) is 10.9. The normalized spacial score (nSPS) is 15.1.